The van der Waals surface area contributed by atoms with Gasteiger partial charge in [-0.2, -0.15) is 0 Å². The van der Waals surface area contributed by atoms with Crippen LogP contribution in [0.25, 0.3) is 0 Å². The van der Waals surface area contributed by atoms with Crippen LogP contribution in [0.2, 0.25) is 5.02 Å². The highest BCUT2D eigenvalue weighted by Crippen LogP contribution is 2.23. The third-order valence-corrected chi connectivity index (χ3v) is 3.54. The molecule has 112 valence electrons. The second-order valence-electron chi connectivity index (χ2n) is 4.97. The van der Waals surface area contributed by atoms with Crippen LogP contribution in [0, 0.1) is 0 Å². The zero-order valence-electron chi connectivity index (χ0n) is 12.2. The number of hydrogen-bond donors (Lipinski definition) is 2. The molecule has 21 heavy (non-hydrogen) atoms. The summed E-state index contributed by atoms with van der Waals surface area (Å²) in [6, 6.07) is 15.9. The molecule has 4 heteroatoms. The highest BCUT2D eigenvalue weighted by atomic mass is 35.5. The molecule has 0 saturated carbocycles. The molecule has 0 aliphatic carbocycles. The highest BCUT2D eigenvalue weighted by molar-refractivity contribution is 6.30. The summed E-state index contributed by atoms with van der Waals surface area (Å²) in [7, 11) is 0. The van der Waals surface area contributed by atoms with Crippen LogP contribution in [0.15, 0.2) is 48.5 Å². The molecule has 0 aliphatic heterocycles. The Morgan fingerprint density at radius 3 is 2.62 bits per heavy atom. The Morgan fingerprint density at radius 2 is 1.95 bits per heavy atom. The Hall–Kier alpha value is -1.55. The lowest BCUT2D eigenvalue weighted by atomic mass is 9.99. The Kier molecular flexibility index (Phi) is 6.05. The number of benzene rings is 2. The van der Waals surface area contributed by atoms with Gasteiger partial charge in [-0.1, -0.05) is 42.8 Å². The lowest BCUT2D eigenvalue weighted by Crippen LogP contribution is -2.29. The molecule has 1 atom stereocenters. The second-order valence-corrected chi connectivity index (χ2v) is 5.41. The van der Waals surface area contributed by atoms with Gasteiger partial charge in [0.05, 0.1) is 12.6 Å². The Morgan fingerprint density at radius 1 is 1.19 bits per heavy atom. The maximum atomic E-state index is 5.91. The van der Waals surface area contributed by atoms with E-state index in [-0.39, 0.29) is 6.04 Å². The van der Waals surface area contributed by atoms with E-state index in [0.717, 1.165) is 35.8 Å². The van der Waals surface area contributed by atoms with E-state index in [1.54, 1.807) is 0 Å². The molecule has 3 nitrogen and oxygen atoms in total. The predicted molar refractivity (Wildman–Crippen MR) is 87.4 cm³/mol. The van der Waals surface area contributed by atoms with Crippen LogP contribution in [0.3, 0.4) is 0 Å². The van der Waals surface area contributed by atoms with Crippen LogP contribution < -0.4 is 16.0 Å². The fourth-order valence-electron chi connectivity index (χ4n) is 2.17. The molecule has 0 bridgehead atoms. The van der Waals surface area contributed by atoms with Crippen molar-refractivity contribution >= 4 is 11.6 Å². The van der Waals surface area contributed by atoms with E-state index >= 15 is 0 Å². The van der Waals surface area contributed by atoms with Gasteiger partial charge in [-0.25, -0.2) is 0 Å². The van der Waals surface area contributed by atoms with E-state index in [0.29, 0.717) is 0 Å². The standard InChI is InChI=1S/C17H21ClN2O/c1-2-10-21-16-5-3-4-14(12-16)17(20-19)11-13-6-8-15(18)9-7-13/h3-9,12,17,20H,2,10-11,19H2,1H3. The molecule has 0 aromatic heterocycles. The normalized spacial score (nSPS) is 12.1. The Balaban J connectivity index is 2.11. The highest BCUT2D eigenvalue weighted by Gasteiger charge is 2.11. The van der Waals surface area contributed by atoms with Crippen LogP contribution in [-0.2, 0) is 6.42 Å². The number of hydrogen-bond acceptors (Lipinski definition) is 3. The molecule has 2 aromatic rings. The van der Waals surface area contributed by atoms with Crippen molar-refractivity contribution in [3.8, 4) is 5.75 Å². The van der Waals surface area contributed by atoms with E-state index in [2.05, 4.69) is 18.4 Å². The summed E-state index contributed by atoms with van der Waals surface area (Å²) in [5.41, 5.74) is 5.17. The number of rotatable bonds is 7. The molecular weight excluding hydrogens is 284 g/mol. The Bertz CT molecular complexity index is 557. The molecule has 0 spiro atoms. The fourth-order valence-corrected chi connectivity index (χ4v) is 2.30. The van der Waals surface area contributed by atoms with Crippen molar-refractivity contribution in [3.63, 3.8) is 0 Å². The third-order valence-electron chi connectivity index (χ3n) is 3.29. The van der Waals surface area contributed by atoms with E-state index in [1.807, 2.05) is 42.5 Å². The zero-order valence-corrected chi connectivity index (χ0v) is 12.9. The lowest BCUT2D eigenvalue weighted by molar-refractivity contribution is 0.316. The molecule has 2 rings (SSSR count). The monoisotopic (exact) mass is 304 g/mol. The van der Waals surface area contributed by atoms with Gasteiger partial charge in [0.1, 0.15) is 5.75 Å². The summed E-state index contributed by atoms with van der Waals surface area (Å²) >= 11 is 5.91. The van der Waals surface area contributed by atoms with Crippen molar-refractivity contribution in [2.24, 2.45) is 5.84 Å². The lowest BCUT2D eigenvalue weighted by Gasteiger charge is -2.17. The van der Waals surface area contributed by atoms with Crippen molar-refractivity contribution in [3.05, 3.63) is 64.7 Å². The number of nitrogens with one attached hydrogen (secondary N) is 1. The molecule has 2 aromatic carbocycles. The van der Waals surface area contributed by atoms with E-state index in [9.17, 15) is 0 Å². The average Bonchev–Trinajstić information content (AvgIpc) is 2.52. The van der Waals surface area contributed by atoms with Gasteiger partial charge in [0.2, 0.25) is 0 Å². The number of hydrazine groups is 1. The van der Waals surface area contributed by atoms with Crippen LogP contribution in [0.4, 0.5) is 0 Å². The second kappa shape index (κ2) is 8.03. The van der Waals surface area contributed by atoms with Crippen LogP contribution in [0.1, 0.15) is 30.5 Å². The molecule has 0 fully saturated rings. The molecule has 0 heterocycles. The number of nitrogens with two attached hydrogens (primary N) is 1. The maximum absolute atomic E-state index is 5.91. The van der Waals surface area contributed by atoms with Gasteiger partial charge in [-0.3, -0.25) is 11.3 Å². The first-order valence-corrected chi connectivity index (χ1v) is 7.54. The van der Waals surface area contributed by atoms with Gasteiger partial charge in [-0.15, -0.1) is 0 Å². The molecule has 0 amide bonds. The summed E-state index contributed by atoms with van der Waals surface area (Å²) < 4.78 is 5.67. The first kappa shape index (κ1) is 15.8. The Labute approximate surface area is 131 Å². The van der Waals surface area contributed by atoms with Crippen molar-refractivity contribution in [1.29, 1.82) is 0 Å². The van der Waals surface area contributed by atoms with E-state index < -0.39 is 0 Å². The number of ether oxygens (including phenoxy) is 1. The summed E-state index contributed by atoms with van der Waals surface area (Å²) in [5.74, 6) is 6.60. The summed E-state index contributed by atoms with van der Waals surface area (Å²) in [5, 5.41) is 0.742. The van der Waals surface area contributed by atoms with E-state index in [4.69, 9.17) is 22.2 Å². The van der Waals surface area contributed by atoms with Crippen molar-refractivity contribution in [2.75, 3.05) is 6.61 Å². The largest absolute Gasteiger partial charge is 0.494 e. The van der Waals surface area contributed by atoms with Gasteiger partial charge in [0.25, 0.3) is 0 Å². The molecule has 1 unspecified atom stereocenters. The maximum Gasteiger partial charge on any atom is 0.119 e. The molecule has 0 aliphatic rings. The van der Waals surface area contributed by atoms with Gasteiger partial charge < -0.3 is 4.74 Å². The zero-order chi connectivity index (χ0) is 15.1. The fraction of sp³-hybridized carbons (Fsp3) is 0.294. The minimum atomic E-state index is 0.0383. The van der Waals surface area contributed by atoms with Gasteiger partial charge >= 0.3 is 0 Å². The SMILES string of the molecule is CCCOc1cccc(C(Cc2ccc(Cl)cc2)NN)c1. The number of halogens is 1. The van der Waals surface area contributed by atoms with E-state index in [1.165, 1.54) is 5.56 Å². The summed E-state index contributed by atoms with van der Waals surface area (Å²) in [4.78, 5) is 0. The van der Waals surface area contributed by atoms with Crippen LogP contribution in [-0.4, -0.2) is 6.61 Å². The van der Waals surface area contributed by atoms with Crippen molar-refractivity contribution in [1.82, 2.24) is 5.43 Å². The predicted octanol–water partition coefficient (Wildman–Crippen LogP) is 3.88. The summed E-state index contributed by atoms with van der Waals surface area (Å²) in [6.45, 7) is 2.82. The van der Waals surface area contributed by atoms with Gasteiger partial charge in [-0.05, 0) is 48.2 Å². The minimum absolute atomic E-state index is 0.0383. The first-order chi connectivity index (χ1) is 10.2. The topological polar surface area (TPSA) is 47.3 Å². The van der Waals surface area contributed by atoms with Crippen molar-refractivity contribution in [2.45, 2.75) is 25.8 Å². The average molecular weight is 305 g/mol. The first-order valence-electron chi connectivity index (χ1n) is 7.16. The molecule has 0 saturated heterocycles. The molecule has 3 N–H and O–H groups in total. The van der Waals surface area contributed by atoms with Crippen LogP contribution in [0.5, 0.6) is 5.75 Å². The molecular formula is C17H21ClN2O. The van der Waals surface area contributed by atoms with Crippen LogP contribution >= 0.6 is 11.6 Å². The third kappa shape index (κ3) is 4.74. The smallest absolute Gasteiger partial charge is 0.119 e. The quantitative estimate of drug-likeness (QED) is 0.603. The van der Waals surface area contributed by atoms with Crippen molar-refractivity contribution < 1.29 is 4.74 Å². The van der Waals surface area contributed by atoms with Gasteiger partial charge in [0.15, 0.2) is 0 Å². The molecule has 0 radical (unpaired) electrons. The summed E-state index contributed by atoms with van der Waals surface area (Å²) in [6.07, 6.45) is 1.79. The van der Waals surface area contributed by atoms with Gasteiger partial charge in [0, 0.05) is 5.02 Å². The minimum Gasteiger partial charge on any atom is -0.494 e.